The maximum atomic E-state index is 5.63. The summed E-state index contributed by atoms with van der Waals surface area (Å²) in [4.78, 5) is 8.36. The molecule has 0 saturated heterocycles. The van der Waals surface area contributed by atoms with Crippen LogP contribution in [0.4, 0.5) is 5.82 Å². The van der Waals surface area contributed by atoms with E-state index in [2.05, 4.69) is 9.97 Å². The summed E-state index contributed by atoms with van der Waals surface area (Å²) in [5.41, 5.74) is 8.54. The summed E-state index contributed by atoms with van der Waals surface area (Å²) in [7, 11) is 0. The minimum atomic E-state index is 0.503. The normalized spacial score (nSPS) is 10.5. The van der Waals surface area contributed by atoms with E-state index in [1.807, 2.05) is 41.8 Å². The average Bonchev–Trinajstić information content (AvgIpc) is 2.98. The van der Waals surface area contributed by atoms with Crippen molar-refractivity contribution in [3.8, 4) is 22.7 Å². The van der Waals surface area contributed by atoms with E-state index in [4.69, 9.17) is 10.5 Å². The number of pyridine rings is 1. The summed E-state index contributed by atoms with van der Waals surface area (Å²) in [5, 5.41) is 0. The van der Waals surface area contributed by atoms with Crippen molar-refractivity contribution >= 4 is 5.82 Å². The fourth-order valence-corrected chi connectivity index (χ4v) is 2.16. The second kappa shape index (κ2) is 5.66. The zero-order chi connectivity index (χ0) is 14.7. The molecule has 3 aromatic rings. The third-order valence-corrected chi connectivity index (χ3v) is 3.13. The third-order valence-electron chi connectivity index (χ3n) is 3.13. The van der Waals surface area contributed by atoms with Gasteiger partial charge in [-0.3, -0.25) is 4.57 Å². The first-order valence-electron chi connectivity index (χ1n) is 6.75. The number of ether oxygens (including phenoxy) is 1. The third kappa shape index (κ3) is 2.72. The lowest BCUT2D eigenvalue weighted by Crippen LogP contribution is -1.98. The number of nitrogen functional groups attached to an aromatic ring is 1. The van der Waals surface area contributed by atoms with Crippen LogP contribution in [0.5, 0.6) is 5.75 Å². The van der Waals surface area contributed by atoms with E-state index < -0.39 is 0 Å². The van der Waals surface area contributed by atoms with Crippen LogP contribution in [0.1, 0.15) is 6.92 Å². The average molecular weight is 280 g/mol. The Labute approximate surface area is 123 Å². The van der Waals surface area contributed by atoms with Crippen LogP contribution < -0.4 is 10.5 Å². The molecular formula is C16H16N4O. The SMILES string of the molecule is CCOc1cccc(-n2cncc2-c2ccc(N)nc2)c1. The number of nitrogens with zero attached hydrogens (tertiary/aromatic N) is 3. The molecule has 5 heteroatoms. The topological polar surface area (TPSA) is 66.0 Å². The van der Waals surface area contributed by atoms with E-state index in [1.165, 1.54) is 0 Å². The number of imidazole rings is 1. The Kier molecular flexibility index (Phi) is 3.55. The van der Waals surface area contributed by atoms with Gasteiger partial charge in [-0.25, -0.2) is 9.97 Å². The van der Waals surface area contributed by atoms with Gasteiger partial charge in [0.05, 0.1) is 30.5 Å². The standard InChI is InChI=1S/C16H16N4O/c1-2-21-14-5-3-4-13(8-14)20-11-18-10-15(20)12-6-7-16(17)19-9-12/h3-11H,2H2,1H3,(H2,17,19). The quantitative estimate of drug-likeness (QED) is 0.798. The monoisotopic (exact) mass is 280 g/mol. The number of hydrogen-bond acceptors (Lipinski definition) is 4. The zero-order valence-electron chi connectivity index (χ0n) is 11.7. The highest BCUT2D eigenvalue weighted by atomic mass is 16.5. The van der Waals surface area contributed by atoms with Crippen LogP contribution in [0.15, 0.2) is 55.1 Å². The predicted molar refractivity (Wildman–Crippen MR) is 82.4 cm³/mol. The molecule has 0 aliphatic carbocycles. The van der Waals surface area contributed by atoms with E-state index in [0.717, 1.165) is 22.7 Å². The van der Waals surface area contributed by atoms with Crippen molar-refractivity contribution in [2.24, 2.45) is 0 Å². The minimum Gasteiger partial charge on any atom is -0.494 e. The van der Waals surface area contributed by atoms with Crippen molar-refractivity contribution in [1.29, 1.82) is 0 Å². The molecule has 0 radical (unpaired) electrons. The van der Waals surface area contributed by atoms with Crippen LogP contribution in [0.25, 0.3) is 16.9 Å². The highest BCUT2D eigenvalue weighted by Gasteiger charge is 2.08. The van der Waals surface area contributed by atoms with Gasteiger partial charge in [0.25, 0.3) is 0 Å². The van der Waals surface area contributed by atoms with Crippen molar-refractivity contribution in [1.82, 2.24) is 14.5 Å². The van der Waals surface area contributed by atoms with Gasteiger partial charge in [-0.1, -0.05) is 6.07 Å². The molecule has 0 unspecified atom stereocenters. The molecule has 0 aliphatic heterocycles. The van der Waals surface area contributed by atoms with Gasteiger partial charge in [-0.2, -0.15) is 0 Å². The summed E-state index contributed by atoms with van der Waals surface area (Å²) >= 11 is 0. The molecule has 0 atom stereocenters. The van der Waals surface area contributed by atoms with E-state index in [-0.39, 0.29) is 0 Å². The predicted octanol–water partition coefficient (Wildman–Crippen LogP) is 2.92. The van der Waals surface area contributed by atoms with Crippen molar-refractivity contribution in [2.75, 3.05) is 12.3 Å². The summed E-state index contributed by atoms with van der Waals surface area (Å²) in [6.07, 6.45) is 5.33. The van der Waals surface area contributed by atoms with Gasteiger partial charge >= 0.3 is 0 Å². The highest BCUT2D eigenvalue weighted by molar-refractivity contribution is 5.62. The van der Waals surface area contributed by atoms with E-state index >= 15 is 0 Å². The first-order chi connectivity index (χ1) is 10.3. The van der Waals surface area contributed by atoms with Crippen LogP contribution in [-0.4, -0.2) is 21.1 Å². The lowest BCUT2D eigenvalue weighted by molar-refractivity contribution is 0.340. The first kappa shape index (κ1) is 13.2. The van der Waals surface area contributed by atoms with Crippen molar-refractivity contribution in [3.05, 3.63) is 55.1 Å². The number of anilines is 1. The Bertz CT molecular complexity index is 734. The first-order valence-corrected chi connectivity index (χ1v) is 6.75. The van der Waals surface area contributed by atoms with Gasteiger partial charge in [0.1, 0.15) is 11.6 Å². The van der Waals surface area contributed by atoms with Gasteiger partial charge in [0, 0.05) is 17.8 Å². The van der Waals surface area contributed by atoms with Crippen LogP contribution in [-0.2, 0) is 0 Å². The molecule has 2 aromatic heterocycles. The lowest BCUT2D eigenvalue weighted by atomic mass is 10.2. The maximum Gasteiger partial charge on any atom is 0.123 e. The lowest BCUT2D eigenvalue weighted by Gasteiger charge is -2.10. The summed E-state index contributed by atoms with van der Waals surface area (Å²) in [5.74, 6) is 1.34. The highest BCUT2D eigenvalue weighted by Crippen LogP contribution is 2.24. The van der Waals surface area contributed by atoms with Gasteiger partial charge in [0.15, 0.2) is 0 Å². The maximum absolute atomic E-state index is 5.63. The van der Waals surface area contributed by atoms with Crippen LogP contribution in [0.2, 0.25) is 0 Å². The second-order valence-corrected chi connectivity index (χ2v) is 4.55. The summed E-state index contributed by atoms with van der Waals surface area (Å²) < 4.78 is 7.54. The second-order valence-electron chi connectivity index (χ2n) is 4.55. The van der Waals surface area contributed by atoms with Gasteiger partial charge in [0.2, 0.25) is 0 Å². The minimum absolute atomic E-state index is 0.503. The molecule has 0 amide bonds. The number of nitrogens with two attached hydrogens (primary N) is 1. The molecule has 0 bridgehead atoms. The Balaban J connectivity index is 2.02. The molecule has 0 spiro atoms. The molecule has 1 aromatic carbocycles. The zero-order valence-corrected chi connectivity index (χ0v) is 11.7. The molecule has 106 valence electrons. The number of hydrogen-bond donors (Lipinski definition) is 1. The molecule has 0 fully saturated rings. The van der Waals surface area contributed by atoms with Crippen LogP contribution >= 0.6 is 0 Å². The van der Waals surface area contributed by atoms with E-state index in [0.29, 0.717) is 12.4 Å². The molecule has 3 rings (SSSR count). The van der Waals surface area contributed by atoms with E-state index in [1.54, 1.807) is 24.8 Å². The van der Waals surface area contributed by atoms with Gasteiger partial charge < -0.3 is 10.5 Å². The smallest absolute Gasteiger partial charge is 0.123 e. The molecule has 21 heavy (non-hydrogen) atoms. The van der Waals surface area contributed by atoms with Crippen molar-refractivity contribution < 1.29 is 4.74 Å². The number of benzene rings is 1. The van der Waals surface area contributed by atoms with Crippen molar-refractivity contribution in [3.63, 3.8) is 0 Å². The van der Waals surface area contributed by atoms with E-state index in [9.17, 15) is 0 Å². The summed E-state index contributed by atoms with van der Waals surface area (Å²) in [6, 6.07) is 11.6. The fraction of sp³-hybridized carbons (Fsp3) is 0.125. The largest absolute Gasteiger partial charge is 0.494 e. The Morgan fingerprint density at radius 1 is 1.19 bits per heavy atom. The Morgan fingerprint density at radius 3 is 2.86 bits per heavy atom. The Morgan fingerprint density at radius 2 is 2.10 bits per heavy atom. The molecule has 5 nitrogen and oxygen atoms in total. The van der Waals surface area contributed by atoms with Crippen LogP contribution in [0, 0.1) is 0 Å². The molecule has 0 aliphatic rings. The fourth-order valence-electron chi connectivity index (χ4n) is 2.16. The Hall–Kier alpha value is -2.82. The summed E-state index contributed by atoms with van der Waals surface area (Å²) in [6.45, 7) is 2.61. The molecule has 2 heterocycles. The van der Waals surface area contributed by atoms with Gasteiger partial charge in [-0.15, -0.1) is 0 Å². The number of aromatic nitrogens is 3. The van der Waals surface area contributed by atoms with Crippen LogP contribution in [0.3, 0.4) is 0 Å². The van der Waals surface area contributed by atoms with Crippen molar-refractivity contribution in [2.45, 2.75) is 6.92 Å². The molecule has 2 N–H and O–H groups in total. The molecule has 0 saturated carbocycles. The van der Waals surface area contributed by atoms with Gasteiger partial charge in [-0.05, 0) is 31.2 Å². The number of rotatable bonds is 4. The molecular weight excluding hydrogens is 264 g/mol.